The van der Waals surface area contributed by atoms with Gasteiger partial charge in [-0.1, -0.05) is 11.6 Å². The topological polar surface area (TPSA) is 42.4 Å². The Balaban J connectivity index is 2.78. The quantitative estimate of drug-likeness (QED) is 0.760. The molecule has 0 aliphatic carbocycles. The first-order valence-corrected chi connectivity index (χ1v) is 5.25. The molecule has 0 unspecified atom stereocenters. The maximum absolute atomic E-state index is 11.7. The molecular formula is C11H15ClN2O2. The van der Waals surface area contributed by atoms with Gasteiger partial charge in [-0.25, -0.2) is 9.78 Å². The standard InChI is InChI=1S/C11H15ClN2O2/c1-11(2,3)16-10(15)14(4)9-7-8(12)5-6-13-9/h5-7H,1-4H3. The Labute approximate surface area is 100 Å². The summed E-state index contributed by atoms with van der Waals surface area (Å²) in [5.41, 5.74) is -0.524. The zero-order valence-electron chi connectivity index (χ0n) is 9.82. The predicted octanol–water partition coefficient (Wildman–Crippen LogP) is 3.11. The molecule has 1 rings (SSSR count). The number of hydrogen-bond acceptors (Lipinski definition) is 3. The van der Waals surface area contributed by atoms with Crippen molar-refractivity contribution in [3.63, 3.8) is 0 Å². The second-order valence-corrected chi connectivity index (χ2v) is 4.81. The number of ether oxygens (including phenoxy) is 1. The van der Waals surface area contributed by atoms with Crippen molar-refractivity contribution in [1.29, 1.82) is 0 Å². The van der Waals surface area contributed by atoms with Crippen molar-refractivity contribution in [3.8, 4) is 0 Å². The SMILES string of the molecule is CN(C(=O)OC(C)(C)C)c1cc(Cl)ccn1. The Bertz CT molecular complexity index is 388. The minimum atomic E-state index is -0.524. The van der Waals surface area contributed by atoms with E-state index in [-0.39, 0.29) is 0 Å². The van der Waals surface area contributed by atoms with Crippen molar-refractivity contribution in [3.05, 3.63) is 23.4 Å². The van der Waals surface area contributed by atoms with E-state index in [1.165, 1.54) is 4.90 Å². The highest BCUT2D eigenvalue weighted by Gasteiger charge is 2.21. The summed E-state index contributed by atoms with van der Waals surface area (Å²) in [5.74, 6) is 0.460. The van der Waals surface area contributed by atoms with Crippen LogP contribution in [0.3, 0.4) is 0 Å². The third-order valence-corrected chi connectivity index (χ3v) is 1.95. The summed E-state index contributed by atoms with van der Waals surface area (Å²) in [6, 6.07) is 3.25. The Morgan fingerprint density at radius 1 is 1.50 bits per heavy atom. The predicted molar refractivity (Wildman–Crippen MR) is 63.9 cm³/mol. The minimum Gasteiger partial charge on any atom is -0.443 e. The monoisotopic (exact) mass is 242 g/mol. The van der Waals surface area contributed by atoms with Crippen LogP contribution in [0.25, 0.3) is 0 Å². The second kappa shape index (κ2) is 4.70. The molecule has 0 radical (unpaired) electrons. The van der Waals surface area contributed by atoms with Gasteiger partial charge < -0.3 is 4.74 Å². The molecule has 0 saturated heterocycles. The molecule has 0 spiro atoms. The molecule has 88 valence electrons. The summed E-state index contributed by atoms with van der Waals surface area (Å²) in [6.45, 7) is 5.43. The molecule has 4 nitrogen and oxygen atoms in total. The molecule has 0 N–H and O–H groups in total. The van der Waals surface area contributed by atoms with Crippen LogP contribution in [0.1, 0.15) is 20.8 Å². The highest BCUT2D eigenvalue weighted by Crippen LogP contribution is 2.17. The van der Waals surface area contributed by atoms with E-state index < -0.39 is 11.7 Å². The van der Waals surface area contributed by atoms with E-state index in [0.29, 0.717) is 10.8 Å². The molecule has 16 heavy (non-hydrogen) atoms. The normalized spacial score (nSPS) is 11.1. The highest BCUT2D eigenvalue weighted by molar-refractivity contribution is 6.30. The fourth-order valence-corrected chi connectivity index (χ4v) is 1.15. The van der Waals surface area contributed by atoms with Gasteiger partial charge in [0.25, 0.3) is 0 Å². The van der Waals surface area contributed by atoms with Crippen molar-refractivity contribution in [2.75, 3.05) is 11.9 Å². The lowest BCUT2D eigenvalue weighted by Gasteiger charge is -2.24. The average Bonchev–Trinajstić information content (AvgIpc) is 2.14. The van der Waals surface area contributed by atoms with Gasteiger partial charge in [0.2, 0.25) is 0 Å². The molecule has 0 atom stereocenters. The van der Waals surface area contributed by atoms with Crippen LogP contribution in [0.5, 0.6) is 0 Å². The van der Waals surface area contributed by atoms with Crippen LogP contribution in [0, 0.1) is 0 Å². The number of aromatic nitrogens is 1. The summed E-state index contributed by atoms with van der Waals surface area (Å²) in [4.78, 5) is 17.0. The van der Waals surface area contributed by atoms with Gasteiger partial charge in [-0.3, -0.25) is 4.90 Å². The number of pyridine rings is 1. The first kappa shape index (κ1) is 12.8. The summed E-state index contributed by atoms with van der Waals surface area (Å²) in [7, 11) is 1.59. The fraction of sp³-hybridized carbons (Fsp3) is 0.455. The molecule has 0 saturated carbocycles. The van der Waals surface area contributed by atoms with Crippen LogP contribution in [-0.4, -0.2) is 23.7 Å². The number of hydrogen-bond donors (Lipinski definition) is 0. The Morgan fingerprint density at radius 2 is 2.12 bits per heavy atom. The van der Waals surface area contributed by atoms with Gasteiger partial charge in [-0.2, -0.15) is 0 Å². The number of anilines is 1. The van der Waals surface area contributed by atoms with E-state index in [0.717, 1.165) is 0 Å². The van der Waals surface area contributed by atoms with Gasteiger partial charge in [0.05, 0.1) is 0 Å². The Kier molecular flexibility index (Phi) is 3.75. The van der Waals surface area contributed by atoms with Crippen LogP contribution in [0.15, 0.2) is 18.3 Å². The lowest BCUT2D eigenvalue weighted by atomic mass is 10.2. The van der Waals surface area contributed by atoms with Crippen LogP contribution in [-0.2, 0) is 4.74 Å². The number of amides is 1. The maximum Gasteiger partial charge on any atom is 0.415 e. The van der Waals surface area contributed by atoms with Crippen molar-refractivity contribution in [2.24, 2.45) is 0 Å². The van der Waals surface area contributed by atoms with Crippen LogP contribution < -0.4 is 4.90 Å². The molecule has 0 fully saturated rings. The zero-order valence-corrected chi connectivity index (χ0v) is 10.6. The Morgan fingerprint density at radius 3 is 2.62 bits per heavy atom. The van der Waals surface area contributed by atoms with E-state index in [4.69, 9.17) is 16.3 Å². The summed E-state index contributed by atoms with van der Waals surface area (Å²) in [6.07, 6.45) is 1.08. The van der Waals surface area contributed by atoms with E-state index in [9.17, 15) is 4.79 Å². The first-order chi connectivity index (χ1) is 7.29. The molecule has 0 aromatic carbocycles. The summed E-state index contributed by atoms with van der Waals surface area (Å²) >= 11 is 5.81. The first-order valence-electron chi connectivity index (χ1n) is 4.88. The van der Waals surface area contributed by atoms with Crippen LogP contribution in [0.2, 0.25) is 5.02 Å². The van der Waals surface area contributed by atoms with Gasteiger partial charge in [-0.05, 0) is 32.9 Å². The molecule has 1 amide bonds. The third kappa shape index (κ3) is 3.70. The Hall–Kier alpha value is -1.29. The smallest absolute Gasteiger partial charge is 0.415 e. The number of rotatable bonds is 1. The van der Waals surface area contributed by atoms with Crippen molar-refractivity contribution in [2.45, 2.75) is 26.4 Å². The summed E-state index contributed by atoms with van der Waals surface area (Å²) < 4.78 is 5.20. The van der Waals surface area contributed by atoms with E-state index >= 15 is 0 Å². The van der Waals surface area contributed by atoms with Gasteiger partial charge in [-0.15, -0.1) is 0 Å². The number of carbonyl (C=O) groups is 1. The van der Waals surface area contributed by atoms with Crippen molar-refractivity contribution < 1.29 is 9.53 Å². The zero-order chi connectivity index (χ0) is 12.3. The molecule has 0 aliphatic heterocycles. The third-order valence-electron chi connectivity index (χ3n) is 1.72. The maximum atomic E-state index is 11.7. The minimum absolute atomic E-state index is 0.456. The van der Waals surface area contributed by atoms with Crippen LogP contribution >= 0.6 is 11.6 Å². The lowest BCUT2D eigenvalue weighted by Crippen LogP contribution is -2.34. The molecule has 1 heterocycles. The second-order valence-electron chi connectivity index (χ2n) is 4.37. The molecule has 0 bridgehead atoms. The van der Waals surface area contributed by atoms with Crippen molar-refractivity contribution in [1.82, 2.24) is 4.98 Å². The average molecular weight is 243 g/mol. The van der Waals surface area contributed by atoms with Crippen molar-refractivity contribution >= 4 is 23.5 Å². The summed E-state index contributed by atoms with van der Waals surface area (Å²) in [5, 5.41) is 0.528. The molecule has 0 aliphatic rings. The number of nitrogens with zero attached hydrogens (tertiary/aromatic N) is 2. The fourth-order valence-electron chi connectivity index (χ4n) is 1.00. The molecular weight excluding hydrogens is 228 g/mol. The van der Waals surface area contributed by atoms with Gasteiger partial charge >= 0.3 is 6.09 Å². The van der Waals surface area contributed by atoms with E-state index in [1.807, 2.05) is 20.8 Å². The van der Waals surface area contributed by atoms with E-state index in [2.05, 4.69) is 4.98 Å². The molecule has 5 heteroatoms. The molecule has 1 aromatic rings. The highest BCUT2D eigenvalue weighted by atomic mass is 35.5. The number of halogens is 1. The van der Waals surface area contributed by atoms with Crippen LogP contribution in [0.4, 0.5) is 10.6 Å². The lowest BCUT2D eigenvalue weighted by molar-refractivity contribution is 0.0588. The van der Waals surface area contributed by atoms with Gasteiger partial charge in [0, 0.05) is 18.3 Å². The largest absolute Gasteiger partial charge is 0.443 e. The van der Waals surface area contributed by atoms with Gasteiger partial charge in [0.1, 0.15) is 11.4 Å². The van der Waals surface area contributed by atoms with Gasteiger partial charge in [0.15, 0.2) is 0 Å². The molecule has 1 aromatic heterocycles. The number of carbonyl (C=O) groups excluding carboxylic acids is 1. The van der Waals surface area contributed by atoms with E-state index in [1.54, 1.807) is 25.4 Å².